The molecule has 0 bridgehead atoms. The summed E-state index contributed by atoms with van der Waals surface area (Å²) in [4.78, 5) is 34.3. The van der Waals surface area contributed by atoms with Crippen molar-refractivity contribution in [2.45, 2.75) is 25.9 Å². The average molecular weight is 298 g/mol. The number of nitrogens with zero attached hydrogens (tertiary/aromatic N) is 2. The zero-order valence-corrected chi connectivity index (χ0v) is 11.7. The fourth-order valence-electron chi connectivity index (χ4n) is 1.81. The van der Waals surface area contributed by atoms with E-state index in [9.17, 15) is 19.5 Å². The van der Waals surface area contributed by atoms with Gasteiger partial charge >= 0.3 is 11.9 Å². The van der Waals surface area contributed by atoms with Crippen molar-refractivity contribution in [1.82, 2.24) is 9.47 Å². The van der Waals surface area contributed by atoms with Crippen LogP contribution in [0.3, 0.4) is 0 Å². The molecule has 0 aromatic carbocycles. The quantitative estimate of drug-likeness (QED) is 0.614. The highest BCUT2D eigenvalue weighted by Crippen LogP contribution is 2.09. The lowest BCUT2D eigenvalue weighted by Crippen LogP contribution is -2.25. The molecule has 0 atom stereocenters. The first-order chi connectivity index (χ1) is 9.79. The molecule has 21 heavy (non-hydrogen) atoms. The summed E-state index contributed by atoms with van der Waals surface area (Å²) < 4.78 is 1.49. The minimum atomic E-state index is -0.988. The van der Waals surface area contributed by atoms with E-state index in [2.05, 4.69) is 0 Å². The van der Waals surface area contributed by atoms with Crippen molar-refractivity contribution in [3.63, 3.8) is 0 Å². The molecule has 8 heteroatoms. The Morgan fingerprint density at radius 3 is 2.43 bits per heavy atom. The maximum atomic E-state index is 11.5. The molecule has 0 amide bonds. The molecule has 1 heterocycles. The molecule has 0 radical (unpaired) electrons. The van der Waals surface area contributed by atoms with E-state index < -0.39 is 23.1 Å². The fraction of sp³-hybridized carbons (Fsp3) is 0.462. The summed E-state index contributed by atoms with van der Waals surface area (Å²) >= 11 is 0. The molecule has 0 spiro atoms. The van der Waals surface area contributed by atoms with Gasteiger partial charge in [0.2, 0.25) is 5.43 Å². The zero-order valence-electron chi connectivity index (χ0n) is 11.7. The largest absolute Gasteiger partial charge is 0.503 e. The van der Waals surface area contributed by atoms with Crippen molar-refractivity contribution in [2.24, 2.45) is 0 Å². The lowest BCUT2D eigenvalue weighted by Gasteiger charge is -2.19. The van der Waals surface area contributed by atoms with Crippen molar-refractivity contribution >= 4 is 11.9 Å². The second-order valence-electron chi connectivity index (χ2n) is 4.73. The van der Waals surface area contributed by atoms with E-state index in [4.69, 9.17) is 10.2 Å². The van der Waals surface area contributed by atoms with Crippen LogP contribution in [0, 0.1) is 0 Å². The molecular formula is C13H18N2O6. The number of carbonyl (C=O) groups is 2. The molecule has 0 saturated carbocycles. The summed E-state index contributed by atoms with van der Waals surface area (Å²) in [5, 5.41) is 26.8. The van der Waals surface area contributed by atoms with Crippen LogP contribution in [0.15, 0.2) is 17.1 Å². The normalized spacial score (nSPS) is 10.8. The summed E-state index contributed by atoms with van der Waals surface area (Å²) in [6, 6.07) is 1.23. The van der Waals surface area contributed by atoms with Gasteiger partial charge in [-0.1, -0.05) is 0 Å². The Morgan fingerprint density at radius 2 is 1.86 bits per heavy atom. The molecule has 8 nitrogen and oxygen atoms in total. The van der Waals surface area contributed by atoms with Gasteiger partial charge in [-0.25, -0.2) is 0 Å². The number of rotatable bonds is 8. The van der Waals surface area contributed by atoms with E-state index >= 15 is 0 Å². The van der Waals surface area contributed by atoms with Gasteiger partial charge in [-0.3, -0.25) is 14.4 Å². The molecule has 0 aliphatic heterocycles. The molecule has 3 N–H and O–H groups in total. The minimum absolute atomic E-state index is 0.0338. The van der Waals surface area contributed by atoms with Crippen molar-refractivity contribution in [3.05, 3.63) is 28.2 Å². The standard InChI is InChI=1S/C13H18N2O6/c1-14(4-2-12(18)19)7-9-6-10(16)11(17)8-15(9)5-3-13(20)21/h6,8,17H,2-5,7H2,1H3,(H,18,19)(H,20,21). The van der Waals surface area contributed by atoms with Crippen molar-refractivity contribution in [2.75, 3.05) is 13.6 Å². The van der Waals surface area contributed by atoms with Crippen molar-refractivity contribution in [1.29, 1.82) is 0 Å². The highest BCUT2D eigenvalue weighted by molar-refractivity contribution is 5.67. The third-order valence-corrected chi connectivity index (χ3v) is 2.90. The van der Waals surface area contributed by atoms with Gasteiger partial charge in [0.15, 0.2) is 5.75 Å². The van der Waals surface area contributed by atoms with E-state index in [1.807, 2.05) is 0 Å². The lowest BCUT2D eigenvalue weighted by molar-refractivity contribution is -0.138. The van der Waals surface area contributed by atoms with Gasteiger partial charge in [0, 0.05) is 31.4 Å². The first-order valence-corrected chi connectivity index (χ1v) is 6.34. The summed E-state index contributed by atoms with van der Waals surface area (Å²) in [6.07, 6.45) is 1.02. The third kappa shape index (κ3) is 5.65. The predicted octanol–water partition coefficient (Wildman–Crippen LogP) is -0.0649. The minimum Gasteiger partial charge on any atom is -0.503 e. The zero-order chi connectivity index (χ0) is 16.0. The summed E-state index contributed by atoms with van der Waals surface area (Å²) in [7, 11) is 1.70. The van der Waals surface area contributed by atoms with Crippen molar-refractivity contribution in [3.8, 4) is 5.75 Å². The molecule has 1 aromatic heterocycles. The topological polar surface area (TPSA) is 120 Å². The molecule has 1 aromatic rings. The number of hydrogen-bond acceptors (Lipinski definition) is 5. The van der Waals surface area contributed by atoms with E-state index in [0.717, 1.165) is 0 Å². The Kier molecular flexibility index (Phi) is 5.92. The Bertz CT molecular complexity index is 581. The molecule has 0 aliphatic carbocycles. The molecular weight excluding hydrogens is 280 g/mol. The van der Waals surface area contributed by atoms with E-state index in [1.54, 1.807) is 11.9 Å². The number of pyridine rings is 1. The van der Waals surface area contributed by atoms with E-state index in [0.29, 0.717) is 12.2 Å². The Balaban J connectivity index is 2.87. The first-order valence-electron chi connectivity index (χ1n) is 6.34. The highest BCUT2D eigenvalue weighted by atomic mass is 16.4. The number of aliphatic carboxylic acids is 2. The maximum absolute atomic E-state index is 11.5. The van der Waals surface area contributed by atoms with Crippen LogP contribution < -0.4 is 5.43 Å². The Labute approximate surface area is 120 Å². The van der Waals surface area contributed by atoms with Gasteiger partial charge in [0.1, 0.15) is 0 Å². The van der Waals surface area contributed by atoms with Crippen LogP contribution in [-0.4, -0.2) is 50.3 Å². The number of carboxylic acids is 2. The number of aryl methyl sites for hydroxylation is 1. The van der Waals surface area contributed by atoms with Gasteiger partial charge in [0.25, 0.3) is 0 Å². The van der Waals surface area contributed by atoms with Gasteiger partial charge in [-0.05, 0) is 7.05 Å². The first kappa shape index (κ1) is 16.7. The molecule has 116 valence electrons. The van der Waals surface area contributed by atoms with Crippen LogP contribution in [0.1, 0.15) is 18.5 Å². The number of aromatic nitrogens is 1. The maximum Gasteiger partial charge on any atom is 0.305 e. The van der Waals surface area contributed by atoms with Gasteiger partial charge in [0.05, 0.1) is 19.0 Å². The fourth-order valence-corrected chi connectivity index (χ4v) is 1.81. The lowest BCUT2D eigenvalue weighted by atomic mass is 10.2. The van der Waals surface area contributed by atoms with Gasteiger partial charge in [-0.2, -0.15) is 0 Å². The third-order valence-electron chi connectivity index (χ3n) is 2.90. The summed E-state index contributed by atoms with van der Waals surface area (Å²) in [5.41, 5.74) is -0.0323. The molecule has 0 saturated heterocycles. The molecule has 1 rings (SSSR count). The van der Waals surface area contributed by atoms with Gasteiger partial charge in [-0.15, -0.1) is 0 Å². The average Bonchev–Trinajstić information content (AvgIpc) is 2.38. The summed E-state index contributed by atoms with van der Waals surface area (Å²) in [6.45, 7) is 0.691. The van der Waals surface area contributed by atoms with Crippen LogP contribution in [0.2, 0.25) is 0 Å². The van der Waals surface area contributed by atoms with E-state index in [-0.39, 0.29) is 25.9 Å². The molecule has 0 fully saturated rings. The number of hydrogen-bond donors (Lipinski definition) is 3. The monoisotopic (exact) mass is 298 g/mol. The van der Waals surface area contributed by atoms with Crippen LogP contribution in [0.4, 0.5) is 0 Å². The highest BCUT2D eigenvalue weighted by Gasteiger charge is 2.10. The molecule has 0 unspecified atom stereocenters. The number of aromatic hydroxyl groups is 1. The molecule has 0 aliphatic rings. The van der Waals surface area contributed by atoms with Crippen LogP contribution in [-0.2, 0) is 22.7 Å². The van der Waals surface area contributed by atoms with Crippen LogP contribution in [0.5, 0.6) is 5.75 Å². The summed E-state index contributed by atoms with van der Waals surface area (Å²) in [5.74, 6) is -2.36. The van der Waals surface area contributed by atoms with Crippen LogP contribution >= 0.6 is 0 Å². The second kappa shape index (κ2) is 7.44. The second-order valence-corrected chi connectivity index (χ2v) is 4.73. The SMILES string of the molecule is CN(CCC(=O)O)Cc1cc(=O)c(O)cn1CCC(=O)O. The smallest absolute Gasteiger partial charge is 0.305 e. The van der Waals surface area contributed by atoms with Gasteiger partial charge < -0.3 is 24.8 Å². The Morgan fingerprint density at radius 1 is 1.24 bits per heavy atom. The van der Waals surface area contributed by atoms with E-state index in [1.165, 1.54) is 16.8 Å². The van der Waals surface area contributed by atoms with Crippen LogP contribution in [0.25, 0.3) is 0 Å². The Hall–Kier alpha value is -2.35. The number of carboxylic acid groups (broad SMARTS) is 2. The van der Waals surface area contributed by atoms with Crippen molar-refractivity contribution < 1.29 is 24.9 Å². The predicted molar refractivity (Wildman–Crippen MR) is 73.2 cm³/mol.